The number of hydrogen-bond donors (Lipinski definition) is 2. The summed E-state index contributed by atoms with van der Waals surface area (Å²) < 4.78 is 13.5. The van der Waals surface area contributed by atoms with Gasteiger partial charge in [0.1, 0.15) is 17.3 Å². The summed E-state index contributed by atoms with van der Waals surface area (Å²) in [5, 5.41) is 23.0. The minimum Gasteiger partial charge on any atom is -0.508 e. The first-order valence-corrected chi connectivity index (χ1v) is 13.3. The van der Waals surface area contributed by atoms with Crippen LogP contribution in [0.1, 0.15) is 5.56 Å². The van der Waals surface area contributed by atoms with Gasteiger partial charge in [0.25, 0.3) is 0 Å². The Labute approximate surface area is 140 Å². The van der Waals surface area contributed by atoms with Crippen LogP contribution in [-0.4, -0.2) is 10.2 Å². The summed E-state index contributed by atoms with van der Waals surface area (Å²) in [6, 6.07) is 5.44. The van der Waals surface area contributed by atoms with Gasteiger partial charge >= 0.3 is 0 Å². The highest BCUT2D eigenvalue weighted by molar-refractivity contribution is 14.3. The summed E-state index contributed by atoms with van der Waals surface area (Å²) >= 11 is 5.95. The third kappa shape index (κ3) is 3.78. The summed E-state index contributed by atoms with van der Waals surface area (Å²) in [5.41, 5.74) is 0.159. The van der Waals surface area contributed by atoms with Crippen LogP contribution < -0.4 is 0 Å². The fraction of sp³-hybridized carbons (Fsp3) is 0. The molecule has 2 aromatic rings. The molecule has 0 saturated heterocycles. The van der Waals surface area contributed by atoms with Gasteiger partial charge in [0.2, 0.25) is 0 Å². The van der Waals surface area contributed by atoms with E-state index in [0.29, 0.717) is 10.8 Å². The van der Waals surface area contributed by atoms with Crippen molar-refractivity contribution in [3.05, 3.63) is 35.6 Å². The minimum absolute atomic E-state index is 0.0621. The maximum absolute atomic E-state index is 13.8. The molecule has 19 heavy (non-hydrogen) atoms. The van der Waals surface area contributed by atoms with E-state index in [9.17, 15) is 14.6 Å². The zero-order valence-corrected chi connectivity index (χ0v) is 15.2. The highest BCUT2D eigenvalue weighted by atomic mass is 127. The van der Waals surface area contributed by atoms with Crippen molar-refractivity contribution in [1.29, 1.82) is 0 Å². The van der Waals surface area contributed by atoms with Gasteiger partial charge in [-0.05, 0) is 78.2 Å². The molecule has 0 spiro atoms. The van der Waals surface area contributed by atoms with Crippen LogP contribution in [0.3, 0.4) is 0 Å². The lowest BCUT2D eigenvalue weighted by molar-refractivity contribution is 0.455. The molecule has 7 heteroatoms. The molecule has 0 atom stereocenters. The quantitative estimate of drug-likeness (QED) is 0.297. The lowest BCUT2D eigenvalue weighted by atomic mass is 10.0. The Bertz CT molecular complexity index is 697. The first-order valence-electron chi connectivity index (χ1n) is 4.93. The molecular weight excluding hydrogens is 512 g/mol. The fourth-order valence-corrected chi connectivity index (χ4v) is 3.97. The van der Waals surface area contributed by atoms with Gasteiger partial charge in [-0.1, -0.05) is 12.0 Å². The third-order valence-corrected chi connectivity index (χ3v) is 6.89. The predicted octanol–water partition coefficient (Wildman–Crippen LogP) is 5.53. The van der Waals surface area contributed by atoms with E-state index in [2.05, 4.69) is 55.3 Å². The van der Waals surface area contributed by atoms with Gasteiger partial charge in [-0.25, -0.2) is 4.39 Å². The van der Waals surface area contributed by atoms with E-state index in [0.717, 1.165) is 0 Å². The van der Waals surface area contributed by atoms with Crippen molar-refractivity contribution in [3.8, 4) is 22.7 Å². The van der Waals surface area contributed by atoms with Crippen LogP contribution in [0.4, 0.5) is 4.39 Å². The molecule has 0 aliphatic rings. The highest BCUT2D eigenvalue weighted by Gasteiger charge is 2.11. The molecule has 0 bridgehead atoms. The monoisotopic (exact) mass is 518 g/mol. The van der Waals surface area contributed by atoms with Crippen molar-refractivity contribution in [3.63, 3.8) is 0 Å². The van der Waals surface area contributed by atoms with Crippen LogP contribution >= 0.6 is 57.9 Å². The van der Waals surface area contributed by atoms with Gasteiger partial charge in [0, 0.05) is 11.5 Å². The van der Waals surface area contributed by atoms with Crippen LogP contribution in [0.5, 0.6) is 11.5 Å². The Kier molecular flexibility index (Phi) is 5.40. The van der Waals surface area contributed by atoms with Crippen molar-refractivity contribution in [1.82, 2.24) is 0 Å². The maximum atomic E-state index is 13.8. The number of benzene rings is 2. The van der Waals surface area contributed by atoms with Crippen molar-refractivity contribution in [2.24, 2.45) is 0 Å². The van der Waals surface area contributed by atoms with Crippen LogP contribution in [0.15, 0.2) is 24.3 Å². The number of phenolic OH excluding ortho intramolecular Hbond substituents is 2. The molecule has 98 valence electrons. The van der Waals surface area contributed by atoms with Gasteiger partial charge in [-0.3, -0.25) is 0 Å². The first-order chi connectivity index (χ1) is 8.99. The van der Waals surface area contributed by atoms with E-state index in [4.69, 9.17) is 0 Å². The van der Waals surface area contributed by atoms with E-state index < -0.39 is 5.82 Å². The molecule has 0 amide bonds. The largest absolute Gasteiger partial charge is 0.508 e. The van der Waals surface area contributed by atoms with E-state index in [1.807, 2.05) is 0 Å². The molecule has 0 aliphatic carbocycles. The molecule has 2 N–H and O–H groups in total. The molecule has 0 fully saturated rings. The summed E-state index contributed by atoms with van der Waals surface area (Å²) in [5.74, 6) is 2.04. The van der Waals surface area contributed by atoms with Gasteiger partial charge in [-0.15, -0.1) is 0 Å². The summed E-state index contributed by atoms with van der Waals surface area (Å²) in [6.07, 6.45) is 0. The Hall–Kier alpha value is 0.0300. The lowest BCUT2D eigenvalue weighted by Gasteiger charge is -2.05. The molecule has 0 aliphatic heterocycles. The van der Waals surface area contributed by atoms with Gasteiger partial charge in [-0.2, -0.15) is 0 Å². The molecule has 0 saturated carbocycles. The Morgan fingerprint density at radius 3 is 2.63 bits per heavy atom. The van der Waals surface area contributed by atoms with Gasteiger partial charge in [0.05, 0.1) is 7.97 Å². The first kappa shape index (κ1) is 15.4. The molecule has 2 rings (SSSR count). The molecule has 2 nitrogen and oxygen atoms in total. The maximum Gasteiger partial charge on any atom is 0.139 e. The van der Waals surface area contributed by atoms with Gasteiger partial charge in [0.15, 0.2) is 0 Å². The standard InChI is InChI=1S/C12H6FI2O2PS/c13-10-2-1-7-5-8(16)6-11(17)12(7)9(10)3-4-19-18(14)15/h1-2,5-6,16-17H. The number of rotatable bonds is 1. The summed E-state index contributed by atoms with van der Waals surface area (Å²) in [7, 11) is 0. The second-order valence-corrected chi connectivity index (χ2v) is 21.2. The smallest absolute Gasteiger partial charge is 0.139 e. The molecule has 0 aromatic heterocycles. The average Bonchev–Trinajstić information content (AvgIpc) is 2.31. The summed E-state index contributed by atoms with van der Waals surface area (Å²) in [4.78, 5) is 0. The average molecular weight is 518 g/mol. The fourth-order valence-electron chi connectivity index (χ4n) is 1.63. The van der Waals surface area contributed by atoms with Crippen molar-refractivity contribution in [2.75, 3.05) is 0 Å². The molecule has 2 aromatic carbocycles. The zero-order valence-electron chi connectivity index (χ0n) is 9.19. The topological polar surface area (TPSA) is 40.5 Å². The Morgan fingerprint density at radius 2 is 1.95 bits per heavy atom. The van der Waals surface area contributed by atoms with E-state index >= 15 is 0 Å². The van der Waals surface area contributed by atoms with Crippen LogP contribution in [0, 0.1) is 17.0 Å². The van der Waals surface area contributed by atoms with Crippen LogP contribution in [0.25, 0.3) is 10.8 Å². The van der Waals surface area contributed by atoms with Crippen LogP contribution in [-0.2, 0) is 0 Å². The van der Waals surface area contributed by atoms with Crippen molar-refractivity contribution in [2.45, 2.75) is 0 Å². The highest BCUT2D eigenvalue weighted by Crippen LogP contribution is 2.64. The summed E-state index contributed by atoms with van der Waals surface area (Å²) in [6.45, 7) is 0. The molecule has 0 heterocycles. The molecule has 0 unspecified atom stereocenters. The number of phenols is 2. The van der Waals surface area contributed by atoms with E-state index in [1.54, 1.807) is 0 Å². The second kappa shape index (κ2) is 6.66. The zero-order chi connectivity index (χ0) is 14.0. The molecular formula is C12H6FI2O2PS. The van der Waals surface area contributed by atoms with E-state index in [-0.39, 0.29) is 19.5 Å². The normalized spacial score (nSPS) is 10.5. The number of fused-ring (bicyclic) bond motifs is 1. The van der Waals surface area contributed by atoms with Crippen molar-refractivity contribution >= 4 is 68.6 Å². The van der Waals surface area contributed by atoms with E-state index in [1.165, 1.54) is 35.6 Å². The lowest BCUT2D eigenvalue weighted by Crippen LogP contribution is -1.87. The Morgan fingerprint density at radius 1 is 1.21 bits per heavy atom. The predicted molar refractivity (Wildman–Crippen MR) is 96.7 cm³/mol. The number of hydrogen-bond acceptors (Lipinski definition) is 3. The molecule has 0 radical (unpaired) electrons. The minimum atomic E-state index is -0.479. The van der Waals surface area contributed by atoms with Crippen LogP contribution in [0.2, 0.25) is 0 Å². The SMILES string of the molecule is Oc1cc(O)c2c(C#CSP(I)I)c(F)ccc2c1. The second-order valence-electron chi connectivity index (χ2n) is 3.51. The van der Waals surface area contributed by atoms with Crippen molar-refractivity contribution < 1.29 is 14.6 Å². The Balaban J connectivity index is 2.64. The third-order valence-electron chi connectivity index (χ3n) is 2.32. The van der Waals surface area contributed by atoms with Gasteiger partial charge < -0.3 is 10.2 Å². The number of halogens is 3. The number of aromatic hydroxyl groups is 2.